The molecule has 0 aliphatic rings. The van der Waals surface area contributed by atoms with Gasteiger partial charge in [-0.1, -0.05) is 0 Å². The number of alkyl carbamates (subject to hydrolysis) is 1. The number of hydrogen-bond donors (Lipinski definition) is 1. The maximum absolute atomic E-state index is 11.8. The number of aryl methyl sites for hydroxylation is 1. The summed E-state index contributed by atoms with van der Waals surface area (Å²) in [7, 11) is 1.97. The highest BCUT2D eigenvalue weighted by atomic mass is 79.9. The number of ether oxygens (including phenoxy) is 1. The third-order valence-corrected chi connectivity index (χ3v) is 3.63. The molecule has 2 heterocycles. The Bertz CT molecular complexity index is 673. The Kier molecular flexibility index (Phi) is 4.27. The second-order valence-corrected chi connectivity index (χ2v) is 6.91. The van der Waals surface area contributed by atoms with Crippen LogP contribution in [0.3, 0.4) is 0 Å². The van der Waals surface area contributed by atoms with E-state index in [0.29, 0.717) is 0 Å². The van der Waals surface area contributed by atoms with Crippen LogP contribution in [0.15, 0.2) is 22.8 Å². The van der Waals surface area contributed by atoms with Crippen molar-refractivity contribution in [2.75, 3.05) is 0 Å². The zero-order valence-electron chi connectivity index (χ0n) is 12.9. The molecule has 0 radical (unpaired) electrons. The van der Waals surface area contributed by atoms with Gasteiger partial charge in [-0.3, -0.25) is 0 Å². The highest BCUT2D eigenvalue weighted by molar-refractivity contribution is 9.10. The lowest BCUT2D eigenvalue weighted by Gasteiger charge is -2.22. The van der Waals surface area contributed by atoms with Crippen molar-refractivity contribution in [2.45, 2.75) is 39.3 Å². The fourth-order valence-electron chi connectivity index (χ4n) is 2.03. The summed E-state index contributed by atoms with van der Waals surface area (Å²) in [5, 5.41) is 2.80. The lowest BCUT2D eigenvalue weighted by molar-refractivity contribution is 0.0507. The Hall–Kier alpha value is -1.56. The van der Waals surface area contributed by atoms with Gasteiger partial charge < -0.3 is 14.6 Å². The third kappa shape index (κ3) is 3.75. The summed E-state index contributed by atoms with van der Waals surface area (Å²) in [6, 6.07) is 3.70. The number of fused-ring (bicyclic) bond motifs is 1. The molecule has 0 aliphatic carbocycles. The number of nitrogens with zero attached hydrogens (tertiary/aromatic N) is 2. The average molecular weight is 354 g/mol. The molecule has 2 rings (SSSR count). The third-order valence-electron chi connectivity index (χ3n) is 2.99. The van der Waals surface area contributed by atoms with Crippen LogP contribution in [-0.2, 0) is 11.8 Å². The van der Waals surface area contributed by atoms with Crippen molar-refractivity contribution in [3.05, 3.63) is 28.5 Å². The summed E-state index contributed by atoms with van der Waals surface area (Å²) < 4.78 is 8.13. The van der Waals surface area contributed by atoms with Gasteiger partial charge in [0, 0.05) is 17.7 Å². The fraction of sp³-hybridized carbons (Fsp3) is 0.467. The van der Waals surface area contributed by atoms with Crippen LogP contribution in [-0.4, -0.2) is 21.2 Å². The average Bonchev–Trinajstić information content (AvgIpc) is 2.67. The minimum absolute atomic E-state index is 0.251. The van der Waals surface area contributed by atoms with Crippen molar-refractivity contribution >= 4 is 33.1 Å². The SMILES string of the molecule is C[C@H](NC(=O)OC(C)(C)C)c1nc2ccn(C)c2cc1Br. The van der Waals surface area contributed by atoms with E-state index in [-0.39, 0.29) is 6.04 Å². The summed E-state index contributed by atoms with van der Waals surface area (Å²) in [5.74, 6) is 0. The van der Waals surface area contributed by atoms with Gasteiger partial charge in [-0.15, -0.1) is 0 Å². The molecule has 114 valence electrons. The number of aromatic nitrogens is 2. The van der Waals surface area contributed by atoms with Gasteiger partial charge >= 0.3 is 6.09 Å². The van der Waals surface area contributed by atoms with Crippen LogP contribution in [0, 0.1) is 0 Å². The normalized spacial score (nSPS) is 13.2. The highest BCUT2D eigenvalue weighted by Crippen LogP contribution is 2.26. The minimum Gasteiger partial charge on any atom is -0.444 e. The van der Waals surface area contributed by atoms with Gasteiger partial charge in [0.1, 0.15) is 5.60 Å². The Labute approximate surface area is 132 Å². The van der Waals surface area contributed by atoms with Crippen molar-refractivity contribution in [3.63, 3.8) is 0 Å². The summed E-state index contributed by atoms with van der Waals surface area (Å²) in [6.45, 7) is 7.39. The van der Waals surface area contributed by atoms with Gasteiger partial charge in [0.05, 0.1) is 22.8 Å². The summed E-state index contributed by atoms with van der Waals surface area (Å²) in [5.41, 5.74) is 2.20. The van der Waals surface area contributed by atoms with Crippen LogP contribution in [0.1, 0.15) is 39.4 Å². The van der Waals surface area contributed by atoms with E-state index in [1.807, 2.05) is 57.6 Å². The molecule has 2 aromatic rings. The first-order valence-electron chi connectivity index (χ1n) is 6.78. The topological polar surface area (TPSA) is 56.1 Å². The molecular formula is C15H20BrN3O2. The molecule has 2 aromatic heterocycles. The number of rotatable bonds is 2. The second kappa shape index (κ2) is 5.67. The van der Waals surface area contributed by atoms with E-state index in [9.17, 15) is 4.79 Å². The molecule has 0 saturated carbocycles. The lowest BCUT2D eigenvalue weighted by atomic mass is 10.2. The second-order valence-electron chi connectivity index (χ2n) is 6.05. The van der Waals surface area contributed by atoms with Gasteiger partial charge in [0.25, 0.3) is 0 Å². The largest absolute Gasteiger partial charge is 0.444 e. The van der Waals surface area contributed by atoms with Gasteiger partial charge in [-0.25, -0.2) is 9.78 Å². The van der Waals surface area contributed by atoms with E-state index in [1.54, 1.807) is 0 Å². The number of amides is 1. The Balaban J connectivity index is 2.21. The molecule has 1 amide bonds. The standard InChI is InChI=1S/C15H20BrN3O2/c1-9(17-14(20)21-15(2,3)4)13-10(16)8-12-11(18-13)6-7-19(12)5/h6-9H,1-5H3,(H,17,20)/t9-/m0/s1. The summed E-state index contributed by atoms with van der Waals surface area (Å²) >= 11 is 3.52. The van der Waals surface area contributed by atoms with Gasteiger partial charge in [0.15, 0.2) is 0 Å². The van der Waals surface area contributed by atoms with Gasteiger partial charge in [-0.2, -0.15) is 0 Å². The zero-order valence-corrected chi connectivity index (χ0v) is 14.5. The molecule has 21 heavy (non-hydrogen) atoms. The predicted molar refractivity (Wildman–Crippen MR) is 86.2 cm³/mol. The van der Waals surface area contributed by atoms with Crippen molar-refractivity contribution < 1.29 is 9.53 Å². The van der Waals surface area contributed by atoms with Crippen molar-refractivity contribution in [1.29, 1.82) is 0 Å². The van der Waals surface area contributed by atoms with Crippen LogP contribution in [0.25, 0.3) is 11.0 Å². The van der Waals surface area contributed by atoms with Crippen molar-refractivity contribution in [2.24, 2.45) is 7.05 Å². The number of halogens is 1. The van der Waals surface area contributed by atoms with E-state index < -0.39 is 11.7 Å². The molecule has 0 unspecified atom stereocenters. The molecule has 0 aromatic carbocycles. The van der Waals surface area contributed by atoms with E-state index >= 15 is 0 Å². The quantitative estimate of drug-likeness (QED) is 0.889. The fourth-order valence-corrected chi connectivity index (χ4v) is 2.68. The molecule has 0 bridgehead atoms. The van der Waals surface area contributed by atoms with Crippen LogP contribution < -0.4 is 5.32 Å². The van der Waals surface area contributed by atoms with Gasteiger partial charge in [0.2, 0.25) is 0 Å². The van der Waals surface area contributed by atoms with E-state index in [1.165, 1.54) is 0 Å². The van der Waals surface area contributed by atoms with Crippen LogP contribution >= 0.6 is 15.9 Å². The maximum Gasteiger partial charge on any atom is 0.408 e. The zero-order chi connectivity index (χ0) is 15.8. The number of pyridine rings is 1. The molecule has 5 nitrogen and oxygen atoms in total. The van der Waals surface area contributed by atoms with Crippen LogP contribution in [0.2, 0.25) is 0 Å². The molecule has 1 atom stereocenters. The van der Waals surface area contributed by atoms with Crippen molar-refractivity contribution in [1.82, 2.24) is 14.9 Å². The first kappa shape index (κ1) is 15.8. The number of hydrogen-bond acceptors (Lipinski definition) is 3. The Morgan fingerprint density at radius 1 is 1.48 bits per heavy atom. The van der Waals surface area contributed by atoms with Gasteiger partial charge in [-0.05, 0) is 55.8 Å². The molecule has 0 saturated heterocycles. The molecule has 0 fully saturated rings. The highest BCUT2D eigenvalue weighted by Gasteiger charge is 2.20. The molecule has 6 heteroatoms. The monoisotopic (exact) mass is 353 g/mol. The number of carbonyl (C=O) groups is 1. The molecular weight excluding hydrogens is 334 g/mol. The Morgan fingerprint density at radius 2 is 2.14 bits per heavy atom. The van der Waals surface area contributed by atoms with E-state index in [4.69, 9.17) is 4.74 Å². The number of nitrogens with one attached hydrogen (secondary N) is 1. The van der Waals surface area contributed by atoms with E-state index in [2.05, 4.69) is 26.2 Å². The summed E-state index contributed by atoms with van der Waals surface area (Å²) in [6.07, 6.45) is 1.51. The van der Waals surface area contributed by atoms with E-state index in [0.717, 1.165) is 21.2 Å². The molecule has 0 aliphatic heterocycles. The smallest absolute Gasteiger partial charge is 0.408 e. The minimum atomic E-state index is -0.516. The Morgan fingerprint density at radius 3 is 2.76 bits per heavy atom. The number of carbonyl (C=O) groups excluding carboxylic acids is 1. The predicted octanol–water partition coefficient (Wildman–Crippen LogP) is 3.92. The summed E-state index contributed by atoms with van der Waals surface area (Å²) in [4.78, 5) is 16.4. The first-order valence-corrected chi connectivity index (χ1v) is 7.57. The first-order chi connectivity index (χ1) is 9.67. The van der Waals surface area contributed by atoms with Crippen LogP contribution in [0.5, 0.6) is 0 Å². The molecule has 0 spiro atoms. The lowest BCUT2D eigenvalue weighted by Crippen LogP contribution is -2.34. The molecule has 1 N–H and O–H groups in total. The van der Waals surface area contributed by atoms with Crippen LogP contribution in [0.4, 0.5) is 4.79 Å². The maximum atomic E-state index is 11.8. The van der Waals surface area contributed by atoms with Crippen molar-refractivity contribution in [3.8, 4) is 0 Å².